The highest BCUT2D eigenvalue weighted by atomic mass is 32.1. The van der Waals surface area contributed by atoms with Crippen LogP contribution < -0.4 is 18.9 Å². The molecule has 2 heterocycles. The first-order valence-electron chi connectivity index (χ1n) is 12.4. The Kier molecular flexibility index (Phi) is 9.24. The third kappa shape index (κ3) is 6.72. The van der Waals surface area contributed by atoms with Crippen LogP contribution in [0.5, 0.6) is 23.0 Å². The number of likely N-dealkylation sites (tertiary alicyclic amines) is 1. The average molecular weight is 526 g/mol. The van der Waals surface area contributed by atoms with E-state index in [0.29, 0.717) is 30.3 Å². The molecule has 8 nitrogen and oxygen atoms in total. The number of nitrogens with zero attached hydrogens (tertiary/aromatic N) is 3. The predicted molar refractivity (Wildman–Crippen MR) is 144 cm³/mol. The molecule has 9 heteroatoms. The molecule has 0 N–H and O–H groups in total. The zero-order chi connectivity index (χ0) is 26.2. The smallest absolute Gasteiger partial charge is 0.273 e. The van der Waals surface area contributed by atoms with Crippen molar-refractivity contribution in [3.05, 3.63) is 63.6 Å². The van der Waals surface area contributed by atoms with E-state index in [1.54, 1.807) is 28.4 Å². The summed E-state index contributed by atoms with van der Waals surface area (Å²) in [7, 11) is 6.60. The Morgan fingerprint density at radius 3 is 2.38 bits per heavy atom. The van der Waals surface area contributed by atoms with Crippen molar-refractivity contribution >= 4 is 17.2 Å². The fourth-order valence-electron chi connectivity index (χ4n) is 4.52. The van der Waals surface area contributed by atoms with E-state index >= 15 is 0 Å². The minimum Gasteiger partial charge on any atom is -0.497 e. The lowest BCUT2D eigenvalue weighted by Gasteiger charge is -2.23. The highest BCUT2D eigenvalue weighted by Gasteiger charge is 2.22. The van der Waals surface area contributed by atoms with Gasteiger partial charge < -0.3 is 23.8 Å². The summed E-state index contributed by atoms with van der Waals surface area (Å²) in [4.78, 5) is 21.7. The van der Waals surface area contributed by atoms with Gasteiger partial charge in [-0.2, -0.15) is 0 Å². The standard InChI is InChI=1S/C28H35N3O5S/c1-33-22-9-8-21(25(16-22)35-3)17-30(14-11-20-7-10-24(34-2)26(15-20)36-4)18-27-29-23(19-37-27)28(32)31-12-5-6-13-31/h7-10,15-16,19H,5-6,11-14,17-18H2,1-4H3. The van der Waals surface area contributed by atoms with Crippen LogP contribution in [0.25, 0.3) is 0 Å². The zero-order valence-electron chi connectivity index (χ0n) is 22.0. The fraction of sp³-hybridized carbons (Fsp3) is 0.429. The lowest BCUT2D eigenvalue weighted by atomic mass is 10.1. The maximum atomic E-state index is 12.8. The number of amides is 1. The first-order valence-corrected chi connectivity index (χ1v) is 13.3. The highest BCUT2D eigenvalue weighted by Crippen LogP contribution is 2.29. The normalized spacial score (nSPS) is 13.2. The van der Waals surface area contributed by atoms with Gasteiger partial charge in [-0.15, -0.1) is 11.3 Å². The van der Waals surface area contributed by atoms with Crippen LogP contribution in [0.3, 0.4) is 0 Å². The number of carbonyl (C=O) groups excluding carboxylic acids is 1. The van der Waals surface area contributed by atoms with Crippen LogP contribution in [-0.4, -0.2) is 68.8 Å². The fourth-order valence-corrected chi connectivity index (χ4v) is 5.33. The number of thiazole rings is 1. The Morgan fingerprint density at radius 2 is 1.68 bits per heavy atom. The summed E-state index contributed by atoms with van der Waals surface area (Å²) in [5.41, 5.74) is 2.75. The Morgan fingerprint density at radius 1 is 0.919 bits per heavy atom. The van der Waals surface area contributed by atoms with Crippen LogP contribution in [0, 0.1) is 0 Å². The van der Waals surface area contributed by atoms with Gasteiger partial charge in [-0.25, -0.2) is 4.98 Å². The molecule has 1 aliphatic heterocycles. The van der Waals surface area contributed by atoms with Gasteiger partial charge in [0.25, 0.3) is 5.91 Å². The minimum atomic E-state index is 0.0358. The molecular formula is C28H35N3O5S. The Bertz CT molecular complexity index is 1190. The van der Waals surface area contributed by atoms with Gasteiger partial charge in [0.2, 0.25) is 0 Å². The summed E-state index contributed by atoms with van der Waals surface area (Å²) in [5, 5.41) is 2.80. The summed E-state index contributed by atoms with van der Waals surface area (Å²) >= 11 is 1.54. The molecule has 0 radical (unpaired) electrons. The summed E-state index contributed by atoms with van der Waals surface area (Å²) < 4.78 is 21.9. The molecular weight excluding hydrogens is 490 g/mol. The number of hydrogen-bond donors (Lipinski definition) is 0. The van der Waals surface area contributed by atoms with Crippen molar-refractivity contribution in [3.8, 4) is 23.0 Å². The molecule has 0 saturated carbocycles. The third-order valence-electron chi connectivity index (χ3n) is 6.58. The van der Waals surface area contributed by atoms with Gasteiger partial charge in [0.05, 0.1) is 35.0 Å². The van der Waals surface area contributed by atoms with Crippen LogP contribution in [0.2, 0.25) is 0 Å². The van der Waals surface area contributed by atoms with Crippen molar-refractivity contribution in [1.82, 2.24) is 14.8 Å². The van der Waals surface area contributed by atoms with Crippen LogP contribution in [0.1, 0.15) is 39.5 Å². The number of rotatable bonds is 12. The van der Waals surface area contributed by atoms with Gasteiger partial charge in [0.15, 0.2) is 11.5 Å². The highest BCUT2D eigenvalue weighted by molar-refractivity contribution is 7.09. The summed E-state index contributed by atoms with van der Waals surface area (Å²) in [6.45, 7) is 3.70. The van der Waals surface area contributed by atoms with Crippen molar-refractivity contribution in [3.63, 3.8) is 0 Å². The van der Waals surface area contributed by atoms with Crippen molar-refractivity contribution in [2.45, 2.75) is 32.4 Å². The van der Waals surface area contributed by atoms with Crippen molar-refractivity contribution < 1.29 is 23.7 Å². The Hall–Kier alpha value is -3.30. The van der Waals surface area contributed by atoms with E-state index in [9.17, 15) is 4.79 Å². The van der Waals surface area contributed by atoms with Crippen LogP contribution in [-0.2, 0) is 19.5 Å². The first kappa shape index (κ1) is 26.8. The Balaban J connectivity index is 1.52. The van der Waals surface area contributed by atoms with Gasteiger partial charge in [-0.3, -0.25) is 9.69 Å². The molecule has 1 saturated heterocycles. The molecule has 0 atom stereocenters. The summed E-state index contributed by atoms with van der Waals surface area (Å²) in [6.07, 6.45) is 2.94. The topological polar surface area (TPSA) is 73.4 Å². The molecule has 198 valence electrons. The second-order valence-corrected chi connectivity index (χ2v) is 9.90. The third-order valence-corrected chi connectivity index (χ3v) is 7.41. The van der Waals surface area contributed by atoms with Gasteiger partial charge in [0.1, 0.15) is 22.2 Å². The van der Waals surface area contributed by atoms with Crippen molar-refractivity contribution in [2.75, 3.05) is 48.1 Å². The van der Waals surface area contributed by atoms with Crippen LogP contribution >= 0.6 is 11.3 Å². The number of methoxy groups -OCH3 is 4. The van der Waals surface area contributed by atoms with Crippen molar-refractivity contribution in [1.29, 1.82) is 0 Å². The van der Waals surface area contributed by atoms with E-state index in [2.05, 4.69) is 11.0 Å². The van der Waals surface area contributed by atoms with E-state index < -0.39 is 0 Å². The quantitative estimate of drug-likeness (QED) is 0.341. The molecule has 0 bridgehead atoms. The van der Waals surface area contributed by atoms with Gasteiger partial charge in [-0.1, -0.05) is 12.1 Å². The maximum Gasteiger partial charge on any atom is 0.273 e. The van der Waals surface area contributed by atoms with E-state index in [4.69, 9.17) is 23.9 Å². The molecule has 1 aliphatic rings. The molecule has 1 aromatic heterocycles. The predicted octanol–water partition coefficient (Wildman–Crippen LogP) is 4.66. The number of hydrogen-bond acceptors (Lipinski definition) is 8. The first-order chi connectivity index (χ1) is 18.0. The van der Waals surface area contributed by atoms with Crippen LogP contribution in [0.15, 0.2) is 41.8 Å². The molecule has 0 spiro atoms. The molecule has 1 fully saturated rings. The lowest BCUT2D eigenvalue weighted by molar-refractivity contribution is 0.0787. The zero-order valence-corrected chi connectivity index (χ0v) is 22.8. The van der Waals surface area contributed by atoms with Gasteiger partial charge in [-0.05, 0) is 43.0 Å². The molecule has 0 unspecified atom stereocenters. The molecule has 3 aromatic rings. The largest absolute Gasteiger partial charge is 0.497 e. The molecule has 1 amide bonds. The van der Waals surface area contributed by atoms with E-state index in [0.717, 1.165) is 66.5 Å². The maximum absolute atomic E-state index is 12.8. The second-order valence-electron chi connectivity index (χ2n) is 8.95. The number of carbonyl (C=O) groups is 1. The monoisotopic (exact) mass is 525 g/mol. The molecule has 2 aromatic carbocycles. The summed E-state index contributed by atoms with van der Waals surface area (Å²) in [5.74, 6) is 2.99. The SMILES string of the molecule is COc1ccc(CN(CCc2ccc(OC)c(OC)c2)Cc2nc(C(=O)N3CCCC3)cs2)c(OC)c1. The van der Waals surface area contributed by atoms with E-state index in [1.807, 2.05) is 40.6 Å². The van der Waals surface area contributed by atoms with Gasteiger partial charge in [0, 0.05) is 43.2 Å². The number of aromatic nitrogens is 1. The van der Waals surface area contributed by atoms with E-state index in [1.165, 1.54) is 11.3 Å². The van der Waals surface area contributed by atoms with E-state index in [-0.39, 0.29) is 5.91 Å². The molecule has 0 aliphatic carbocycles. The van der Waals surface area contributed by atoms with Crippen molar-refractivity contribution in [2.24, 2.45) is 0 Å². The number of benzene rings is 2. The minimum absolute atomic E-state index is 0.0358. The lowest BCUT2D eigenvalue weighted by Crippen LogP contribution is -2.28. The van der Waals surface area contributed by atoms with Gasteiger partial charge >= 0.3 is 0 Å². The molecule has 4 rings (SSSR count). The Labute approximate surface area is 222 Å². The average Bonchev–Trinajstić information content (AvgIpc) is 3.64. The molecule has 37 heavy (non-hydrogen) atoms. The number of ether oxygens (including phenoxy) is 4. The second kappa shape index (κ2) is 12.8. The van der Waals surface area contributed by atoms with Crippen LogP contribution in [0.4, 0.5) is 0 Å². The summed E-state index contributed by atoms with van der Waals surface area (Å²) in [6, 6.07) is 11.9.